The van der Waals surface area contributed by atoms with Crippen LogP contribution in [-0.2, 0) is 6.54 Å². The topological polar surface area (TPSA) is 74.8 Å². The molecule has 8 heteroatoms. The van der Waals surface area contributed by atoms with Crippen molar-refractivity contribution in [2.24, 2.45) is 10.8 Å². The zero-order valence-corrected chi connectivity index (χ0v) is 10.3. The zero-order chi connectivity index (χ0) is 14.1. The summed E-state index contributed by atoms with van der Waals surface area (Å²) in [6, 6.07) is 0. The maximum atomic E-state index is 13.1. The first-order valence-corrected chi connectivity index (χ1v) is 5.33. The highest BCUT2D eigenvalue weighted by Crippen LogP contribution is 2.31. The molecule has 0 heterocycles. The normalized spacial score (nSPS) is 11.3. The molecule has 0 amide bonds. The summed E-state index contributed by atoms with van der Waals surface area (Å²) in [7, 11) is 0. The van der Waals surface area contributed by atoms with E-state index in [4.69, 9.17) is 11.3 Å². The number of hydrogen-bond acceptors (Lipinski definition) is 2. The molecule has 4 nitrogen and oxygen atoms in total. The molecule has 0 atom stereocenters. The third kappa shape index (κ3) is 2.30. The van der Waals surface area contributed by atoms with Crippen LogP contribution >= 0.6 is 0 Å². The number of azide groups is 1. The van der Waals surface area contributed by atoms with Crippen molar-refractivity contribution < 1.29 is 12.9 Å². The molecular formula is C10H13BF3N4-. The van der Waals surface area contributed by atoms with E-state index in [0.717, 1.165) is 0 Å². The number of benzene rings is 1. The van der Waals surface area contributed by atoms with Gasteiger partial charge in [0.25, 0.3) is 0 Å². The van der Waals surface area contributed by atoms with Gasteiger partial charge in [-0.1, -0.05) is 16.2 Å². The Morgan fingerprint density at radius 3 is 2.11 bits per heavy atom. The average Bonchev–Trinajstić information content (AvgIpc) is 2.23. The van der Waals surface area contributed by atoms with E-state index < -0.39 is 12.4 Å². The molecule has 0 bridgehead atoms. The van der Waals surface area contributed by atoms with Gasteiger partial charge in [0.2, 0.25) is 0 Å². The molecule has 0 unspecified atom stereocenters. The average molecular weight is 257 g/mol. The van der Waals surface area contributed by atoms with Gasteiger partial charge in [-0.2, -0.15) is 0 Å². The monoisotopic (exact) mass is 257 g/mol. The van der Waals surface area contributed by atoms with Gasteiger partial charge in [0.1, 0.15) is 0 Å². The second-order valence-electron chi connectivity index (χ2n) is 4.08. The number of nitrogens with zero attached hydrogens (tertiary/aromatic N) is 3. The Bertz CT molecular complexity index is 533. The van der Waals surface area contributed by atoms with Gasteiger partial charge in [-0.15, -0.1) is 5.46 Å². The van der Waals surface area contributed by atoms with E-state index in [0.29, 0.717) is 11.1 Å². The number of hydrogen-bond donors (Lipinski definition) is 1. The van der Waals surface area contributed by atoms with Gasteiger partial charge in [-0.25, -0.2) is 0 Å². The van der Waals surface area contributed by atoms with Gasteiger partial charge in [0.15, 0.2) is 0 Å². The Hall–Kier alpha value is -1.66. The largest absolute Gasteiger partial charge is 0.510 e. The highest BCUT2D eigenvalue weighted by atomic mass is 19.4. The lowest BCUT2D eigenvalue weighted by Gasteiger charge is -2.26. The molecule has 1 aromatic carbocycles. The first-order chi connectivity index (χ1) is 8.25. The van der Waals surface area contributed by atoms with Gasteiger partial charge in [-0.3, -0.25) is 0 Å². The van der Waals surface area contributed by atoms with Crippen molar-refractivity contribution in [2.75, 3.05) is 0 Å². The van der Waals surface area contributed by atoms with Crippen LogP contribution in [0.5, 0.6) is 0 Å². The van der Waals surface area contributed by atoms with Crippen molar-refractivity contribution in [3.05, 3.63) is 32.7 Å². The molecule has 0 radical (unpaired) electrons. The number of halogens is 3. The second kappa shape index (κ2) is 4.92. The van der Waals surface area contributed by atoms with Crippen molar-refractivity contribution in [3.8, 4) is 0 Å². The third-order valence-electron chi connectivity index (χ3n) is 3.10. The van der Waals surface area contributed by atoms with Gasteiger partial charge >= 0.3 is 6.98 Å². The Morgan fingerprint density at radius 2 is 1.72 bits per heavy atom. The van der Waals surface area contributed by atoms with Crippen molar-refractivity contribution >= 4 is 18.1 Å². The number of rotatable bonds is 3. The maximum Gasteiger partial charge on any atom is 0.510 e. The molecule has 0 aliphatic carbocycles. The van der Waals surface area contributed by atoms with Crippen LogP contribution in [0.4, 0.5) is 18.6 Å². The summed E-state index contributed by atoms with van der Waals surface area (Å²) < 4.78 is 39.2. The molecule has 0 aliphatic rings. The molecule has 18 heavy (non-hydrogen) atoms. The van der Waals surface area contributed by atoms with E-state index >= 15 is 0 Å². The van der Waals surface area contributed by atoms with E-state index in [1.807, 2.05) is 0 Å². The van der Waals surface area contributed by atoms with Gasteiger partial charge < -0.3 is 18.7 Å². The lowest BCUT2D eigenvalue weighted by Crippen LogP contribution is -2.39. The summed E-state index contributed by atoms with van der Waals surface area (Å²) >= 11 is 0. The molecule has 0 spiro atoms. The highest BCUT2D eigenvalue weighted by molar-refractivity contribution is 6.74. The summed E-state index contributed by atoms with van der Waals surface area (Å²) in [5, 5.41) is 3.36. The lowest BCUT2D eigenvalue weighted by atomic mass is 9.71. The zero-order valence-electron chi connectivity index (χ0n) is 10.3. The quantitative estimate of drug-likeness (QED) is 0.384. The summed E-state index contributed by atoms with van der Waals surface area (Å²) in [5.41, 5.74) is 14.2. The van der Waals surface area contributed by atoms with Crippen molar-refractivity contribution in [1.29, 1.82) is 0 Å². The summed E-state index contributed by atoms with van der Waals surface area (Å²) in [4.78, 5) is 2.58. The van der Waals surface area contributed by atoms with Crippen LogP contribution in [0.25, 0.3) is 10.4 Å². The van der Waals surface area contributed by atoms with Crippen molar-refractivity contribution in [2.45, 2.75) is 27.3 Å². The molecule has 0 aliphatic heterocycles. The minimum atomic E-state index is -5.17. The van der Waals surface area contributed by atoms with Gasteiger partial charge in [0, 0.05) is 17.1 Å². The van der Waals surface area contributed by atoms with E-state index in [1.54, 1.807) is 6.92 Å². The Balaban J connectivity index is 3.84. The van der Waals surface area contributed by atoms with Crippen LogP contribution in [-0.4, -0.2) is 6.98 Å². The molecule has 0 fully saturated rings. The Kier molecular flexibility index (Phi) is 3.93. The molecule has 2 N–H and O–H groups in total. The Labute approximate surface area is 103 Å². The first-order valence-electron chi connectivity index (χ1n) is 5.33. The van der Waals surface area contributed by atoms with Crippen LogP contribution < -0.4 is 11.2 Å². The Morgan fingerprint density at radius 1 is 1.17 bits per heavy atom. The smallest absolute Gasteiger partial charge is 0.445 e. The van der Waals surface area contributed by atoms with Crippen LogP contribution in [0, 0.1) is 20.8 Å². The van der Waals surface area contributed by atoms with Crippen LogP contribution in [0.2, 0.25) is 0 Å². The van der Waals surface area contributed by atoms with Crippen molar-refractivity contribution in [3.63, 3.8) is 0 Å². The SMILES string of the molecule is Cc1c(CN)c(C)c([B-](F)(F)F)c(C)c1N=[N+]=[N-]. The molecule has 0 aromatic heterocycles. The molecule has 1 aromatic rings. The maximum absolute atomic E-state index is 13.1. The lowest BCUT2D eigenvalue weighted by molar-refractivity contribution is 0.500. The molecular weight excluding hydrogens is 244 g/mol. The van der Waals surface area contributed by atoms with Gasteiger partial charge in [0.05, 0.1) is 0 Å². The van der Waals surface area contributed by atoms with E-state index in [2.05, 4.69) is 10.0 Å². The summed E-state index contributed by atoms with van der Waals surface area (Å²) in [5.74, 6) is 0. The van der Waals surface area contributed by atoms with Gasteiger partial charge in [-0.05, 0) is 37.4 Å². The molecule has 1 rings (SSSR count). The van der Waals surface area contributed by atoms with Crippen LogP contribution in [0.1, 0.15) is 22.3 Å². The van der Waals surface area contributed by atoms with E-state index in [9.17, 15) is 12.9 Å². The first kappa shape index (κ1) is 14.4. The molecule has 98 valence electrons. The minimum absolute atomic E-state index is 0.0228. The fraction of sp³-hybridized carbons (Fsp3) is 0.400. The third-order valence-corrected chi connectivity index (χ3v) is 3.10. The minimum Gasteiger partial charge on any atom is -0.445 e. The standard InChI is InChI=1S/C10H13BF3N4/c1-5-8(4-15)6(2)10(17-18-16)7(3)9(5)11(12,13)14/h4,15H2,1-3H3/q-1. The predicted molar refractivity (Wildman–Crippen MR) is 66.1 cm³/mol. The summed E-state index contributed by atoms with van der Waals surface area (Å²) in [6.07, 6.45) is 0. The highest BCUT2D eigenvalue weighted by Gasteiger charge is 2.31. The fourth-order valence-corrected chi connectivity index (χ4v) is 2.27. The predicted octanol–water partition coefficient (Wildman–Crippen LogP) is 3.07. The van der Waals surface area contributed by atoms with E-state index in [-0.39, 0.29) is 23.4 Å². The van der Waals surface area contributed by atoms with Crippen LogP contribution in [0.3, 0.4) is 0 Å². The number of nitrogens with two attached hydrogens (primary N) is 1. The molecule has 0 saturated heterocycles. The summed E-state index contributed by atoms with van der Waals surface area (Å²) in [6.45, 7) is -0.871. The van der Waals surface area contributed by atoms with Crippen LogP contribution in [0.15, 0.2) is 5.11 Å². The molecule has 0 saturated carbocycles. The van der Waals surface area contributed by atoms with E-state index in [1.165, 1.54) is 13.8 Å². The second-order valence-corrected chi connectivity index (χ2v) is 4.08. The fourth-order valence-electron chi connectivity index (χ4n) is 2.27. The van der Waals surface area contributed by atoms with Crippen molar-refractivity contribution in [1.82, 2.24) is 0 Å².